The molecule has 0 amide bonds. The molecule has 1 aromatic heterocycles. The molecule has 0 radical (unpaired) electrons. The zero-order valence-electron chi connectivity index (χ0n) is 11.6. The Bertz CT molecular complexity index is 564. The Kier molecular flexibility index (Phi) is 3.78. The van der Waals surface area contributed by atoms with Gasteiger partial charge in [-0.1, -0.05) is 11.6 Å². The number of aliphatic hydroxyl groups excluding tert-OH is 2. The van der Waals surface area contributed by atoms with Crippen LogP contribution in [0, 0.1) is 5.41 Å². The molecule has 1 aliphatic carbocycles. The summed E-state index contributed by atoms with van der Waals surface area (Å²) in [5.74, 6) is -0.143. The van der Waals surface area contributed by atoms with E-state index in [1.807, 2.05) is 0 Å². The van der Waals surface area contributed by atoms with Gasteiger partial charge in [0.2, 0.25) is 0 Å². The molecule has 2 N–H and O–H groups in total. The molecule has 122 valence electrons. The minimum atomic E-state index is -4.53. The molecule has 0 unspecified atom stereocenters. The van der Waals surface area contributed by atoms with Gasteiger partial charge in [0.1, 0.15) is 5.82 Å². The topological polar surface area (TPSA) is 56.6 Å². The van der Waals surface area contributed by atoms with Crippen LogP contribution in [0.4, 0.5) is 19.0 Å². The van der Waals surface area contributed by atoms with E-state index in [9.17, 15) is 23.4 Å². The molecule has 4 nitrogen and oxygen atoms in total. The average Bonchev–Trinajstić information content (AvgIpc) is 2.47. The van der Waals surface area contributed by atoms with Gasteiger partial charge in [0, 0.05) is 31.1 Å². The fraction of sp³-hybridized carbons (Fsp3) is 0.643. The lowest BCUT2D eigenvalue weighted by Gasteiger charge is -2.55. The second kappa shape index (κ2) is 5.25. The highest BCUT2D eigenvalue weighted by Crippen LogP contribution is 2.50. The summed E-state index contributed by atoms with van der Waals surface area (Å²) in [6.07, 6.45) is -3.27. The van der Waals surface area contributed by atoms with Crippen LogP contribution >= 0.6 is 11.6 Å². The molecule has 1 aromatic rings. The lowest BCUT2D eigenvalue weighted by Crippen LogP contribution is -2.61. The van der Waals surface area contributed by atoms with Gasteiger partial charge in [-0.25, -0.2) is 4.98 Å². The number of piperidine rings is 1. The van der Waals surface area contributed by atoms with Gasteiger partial charge in [0.25, 0.3) is 0 Å². The van der Waals surface area contributed by atoms with Crippen LogP contribution in [0.15, 0.2) is 12.3 Å². The highest BCUT2D eigenvalue weighted by atomic mass is 35.5. The van der Waals surface area contributed by atoms with E-state index in [1.165, 1.54) is 6.20 Å². The van der Waals surface area contributed by atoms with E-state index in [2.05, 4.69) is 4.98 Å². The smallest absolute Gasteiger partial charge is 0.392 e. The number of alkyl halides is 3. The molecule has 3 rings (SSSR count). The maximum absolute atomic E-state index is 13.1. The average molecular weight is 337 g/mol. The van der Waals surface area contributed by atoms with Gasteiger partial charge in [0.05, 0.1) is 22.8 Å². The Labute approximate surface area is 130 Å². The van der Waals surface area contributed by atoms with Gasteiger partial charge < -0.3 is 15.1 Å². The van der Waals surface area contributed by atoms with Crippen LogP contribution in [0.5, 0.6) is 0 Å². The van der Waals surface area contributed by atoms with Crippen LogP contribution in [0.25, 0.3) is 0 Å². The number of aromatic nitrogens is 1. The molecule has 1 saturated heterocycles. The number of aliphatic hydroxyl groups is 2. The second-order valence-corrected chi connectivity index (χ2v) is 6.45. The van der Waals surface area contributed by atoms with Crippen molar-refractivity contribution in [1.29, 1.82) is 0 Å². The van der Waals surface area contributed by atoms with E-state index in [1.54, 1.807) is 4.90 Å². The summed E-state index contributed by atoms with van der Waals surface area (Å²) in [7, 11) is 0. The summed E-state index contributed by atoms with van der Waals surface area (Å²) in [6, 6.07) is 0.876. The molecule has 2 atom stereocenters. The first-order valence-corrected chi connectivity index (χ1v) is 7.46. The standard InChI is InChI=1S/C14H16ClF3N2O2/c15-8-5-9(14(16,17)18)12(19-7-8)20-3-1-13(2-4-20)10(21)6-11(13)22/h5,7,10-11,21-22H,1-4,6H2/t10-,11+. The van der Waals surface area contributed by atoms with Crippen molar-refractivity contribution in [3.8, 4) is 0 Å². The third-order valence-corrected chi connectivity index (χ3v) is 5.11. The number of hydrogen-bond acceptors (Lipinski definition) is 4. The SMILES string of the molecule is O[C@@H]1C[C@H](O)C12CCN(c1ncc(Cl)cc1C(F)(F)F)CC2. The predicted octanol–water partition coefficient (Wildman–Crippen LogP) is 2.47. The molecule has 22 heavy (non-hydrogen) atoms. The summed E-state index contributed by atoms with van der Waals surface area (Å²) in [6.45, 7) is 0.623. The fourth-order valence-electron chi connectivity index (χ4n) is 3.44. The summed E-state index contributed by atoms with van der Waals surface area (Å²) in [5, 5.41) is 19.7. The Balaban J connectivity index is 1.82. The third kappa shape index (κ3) is 2.45. The lowest BCUT2D eigenvalue weighted by atomic mass is 9.58. The van der Waals surface area contributed by atoms with E-state index in [0.29, 0.717) is 32.4 Å². The van der Waals surface area contributed by atoms with Crippen LogP contribution < -0.4 is 4.90 Å². The van der Waals surface area contributed by atoms with Crippen molar-refractivity contribution in [2.24, 2.45) is 5.41 Å². The Hall–Kier alpha value is -1.05. The first-order valence-electron chi connectivity index (χ1n) is 7.08. The van der Waals surface area contributed by atoms with E-state index in [-0.39, 0.29) is 10.8 Å². The van der Waals surface area contributed by atoms with Crippen LogP contribution in [0.1, 0.15) is 24.8 Å². The summed E-state index contributed by atoms with van der Waals surface area (Å²) < 4.78 is 39.4. The monoisotopic (exact) mass is 336 g/mol. The largest absolute Gasteiger partial charge is 0.420 e. The van der Waals surface area contributed by atoms with Crippen molar-refractivity contribution in [3.63, 3.8) is 0 Å². The lowest BCUT2D eigenvalue weighted by molar-refractivity contribution is -0.178. The second-order valence-electron chi connectivity index (χ2n) is 6.01. The number of nitrogens with zero attached hydrogens (tertiary/aromatic N) is 2. The molecular weight excluding hydrogens is 321 g/mol. The molecule has 2 fully saturated rings. The predicted molar refractivity (Wildman–Crippen MR) is 74.8 cm³/mol. The van der Waals surface area contributed by atoms with Crippen molar-refractivity contribution in [3.05, 3.63) is 22.8 Å². The molecule has 0 bridgehead atoms. The Morgan fingerprint density at radius 3 is 2.32 bits per heavy atom. The normalized spacial score (nSPS) is 27.8. The molecule has 0 aromatic carbocycles. The van der Waals surface area contributed by atoms with Crippen molar-refractivity contribution in [2.75, 3.05) is 18.0 Å². The van der Waals surface area contributed by atoms with Crippen LogP contribution in [0.2, 0.25) is 5.02 Å². The van der Waals surface area contributed by atoms with Gasteiger partial charge in [-0.15, -0.1) is 0 Å². The zero-order valence-corrected chi connectivity index (χ0v) is 12.4. The molecular formula is C14H16ClF3N2O2. The van der Waals surface area contributed by atoms with Crippen LogP contribution in [-0.2, 0) is 6.18 Å². The van der Waals surface area contributed by atoms with Gasteiger partial charge in [-0.2, -0.15) is 13.2 Å². The molecule has 1 spiro atoms. The first-order chi connectivity index (χ1) is 10.2. The van der Waals surface area contributed by atoms with Crippen molar-refractivity contribution >= 4 is 17.4 Å². The number of rotatable bonds is 1. The molecule has 2 aliphatic rings. The molecule has 8 heteroatoms. The summed E-state index contributed by atoms with van der Waals surface area (Å²) in [5.41, 5.74) is -1.42. The summed E-state index contributed by atoms with van der Waals surface area (Å²) >= 11 is 5.63. The highest BCUT2D eigenvalue weighted by molar-refractivity contribution is 6.30. The molecule has 1 saturated carbocycles. The maximum atomic E-state index is 13.1. The van der Waals surface area contributed by atoms with E-state index < -0.39 is 29.4 Å². The number of pyridine rings is 1. The van der Waals surface area contributed by atoms with Crippen molar-refractivity contribution < 1.29 is 23.4 Å². The number of anilines is 1. The van der Waals surface area contributed by atoms with Crippen LogP contribution in [-0.4, -0.2) is 40.5 Å². The fourth-order valence-corrected chi connectivity index (χ4v) is 3.59. The molecule has 1 aliphatic heterocycles. The number of halogens is 4. The first kappa shape index (κ1) is 15.8. The van der Waals surface area contributed by atoms with Crippen LogP contribution in [0.3, 0.4) is 0 Å². The highest BCUT2D eigenvalue weighted by Gasteiger charge is 2.55. The molecule has 2 heterocycles. The number of hydrogen-bond donors (Lipinski definition) is 2. The Morgan fingerprint density at radius 1 is 1.23 bits per heavy atom. The summed E-state index contributed by atoms with van der Waals surface area (Å²) in [4.78, 5) is 5.39. The minimum absolute atomic E-state index is 0.0607. The van der Waals surface area contributed by atoms with Gasteiger partial charge in [-0.05, 0) is 18.9 Å². The van der Waals surface area contributed by atoms with Crippen molar-refractivity contribution in [2.45, 2.75) is 37.6 Å². The van der Waals surface area contributed by atoms with E-state index >= 15 is 0 Å². The minimum Gasteiger partial charge on any atom is -0.392 e. The Morgan fingerprint density at radius 2 is 1.82 bits per heavy atom. The van der Waals surface area contributed by atoms with Gasteiger partial charge >= 0.3 is 6.18 Å². The maximum Gasteiger partial charge on any atom is 0.420 e. The van der Waals surface area contributed by atoms with Gasteiger partial charge in [0.15, 0.2) is 0 Å². The zero-order chi connectivity index (χ0) is 16.1. The van der Waals surface area contributed by atoms with Gasteiger partial charge in [-0.3, -0.25) is 0 Å². The van der Waals surface area contributed by atoms with E-state index in [0.717, 1.165) is 6.07 Å². The van der Waals surface area contributed by atoms with Crippen molar-refractivity contribution in [1.82, 2.24) is 4.98 Å². The third-order valence-electron chi connectivity index (χ3n) is 4.91. The quantitative estimate of drug-likeness (QED) is 0.827. The van der Waals surface area contributed by atoms with E-state index in [4.69, 9.17) is 11.6 Å².